The van der Waals surface area contributed by atoms with Gasteiger partial charge in [-0.15, -0.1) is 0 Å². The van der Waals surface area contributed by atoms with Crippen LogP contribution >= 0.6 is 11.6 Å². The lowest BCUT2D eigenvalue weighted by Crippen LogP contribution is -2.43. The summed E-state index contributed by atoms with van der Waals surface area (Å²) < 4.78 is 0. The number of carboxylic acid groups (broad SMARTS) is 1. The van der Waals surface area contributed by atoms with E-state index in [2.05, 4.69) is 10.6 Å². The number of nitrogens with zero attached hydrogens (tertiary/aromatic N) is 1. The molecule has 0 saturated heterocycles. The highest BCUT2D eigenvalue weighted by Crippen LogP contribution is 2.22. The molecule has 0 heterocycles. The largest absolute Gasteiger partial charge is 0.480 e. The molecule has 0 bridgehead atoms. The Morgan fingerprint density at radius 1 is 1.43 bits per heavy atom. The van der Waals surface area contributed by atoms with Crippen molar-refractivity contribution in [3.63, 3.8) is 0 Å². The van der Waals surface area contributed by atoms with Gasteiger partial charge >= 0.3 is 12.0 Å². The fourth-order valence-corrected chi connectivity index (χ4v) is 1.86. The lowest BCUT2D eigenvalue weighted by atomic mass is 10.0. The molecule has 7 heteroatoms. The van der Waals surface area contributed by atoms with Crippen LogP contribution < -0.4 is 10.6 Å². The number of hydrogen-bond acceptors (Lipinski definition) is 3. The summed E-state index contributed by atoms with van der Waals surface area (Å²) in [7, 11) is 0. The second-order valence-electron chi connectivity index (χ2n) is 4.93. The number of halogens is 1. The van der Waals surface area contributed by atoms with Crippen molar-refractivity contribution >= 4 is 29.3 Å². The molecule has 0 radical (unpaired) electrons. The molecule has 112 valence electrons. The highest BCUT2D eigenvalue weighted by atomic mass is 35.5. The molecule has 0 fully saturated rings. The van der Waals surface area contributed by atoms with Crippen molar-refractivity contribution in [1.29, 1.82) is 5.26 Å². The molecule has 3 N–H and O–H groups in total. The third-order valence-electron chi connectivity index (χ3n) is 2.65. The minimum Gasteiger partial charge on any atom is -0.480 e. The number of carbonyl (C=O) groups is 2. The van der Waals surface area contributed by atoms with Gasteiger partial charge in [0, 0.05) is 0 Å². The zero-order valence-corrected chi connectivity index (χ0v) is 12.4. The fraction of sp³-hybridized carbons (Fsp3) is 0.357. The number of urea groups is 1. The van der Waals surface area contributed by atoms with Crippen LogP contribution in [0.3, 0.4) is 0 Å². The number of nitriles is 1. The van der Waals surface area contributed by atoms with Crippen LogP contribution in [0.2, 0.25) is 5.02 Å². The molecule has 0 aliphatic rings. The van der Waals surface area contributed by atoms with Gasteiger partial charge in [0.05, 0.1) is 22.3 Å². The van der Waals surface area contributed by atoms with E-state index in [-0.39, 0.29) is 16.6 Å². The number of aliphatic carboxylic acids is 1. The molecule has 2 amide bonds. The monoisotopic (exact) mass is 309 g/mol. The molecule has 1 aromatic rings. The van der Waals surface area contributed by atoms with Gasteiger partial charge in [-0.25, -0.2) is 9.59 Å². The Labute approximate surface area is 127 Å². The lowest BCUT2D eigenvalue weighted by Gasteiger charge is -2.17. The Hall–Kier alpha value is -2.26. The van der Waals surface area contributed by atoms with Crippen LogP contribution in [-0.4, -0.2) is 23.1 Å². The predicted molar refractivity (Wildman–Crippen MR) is 79.2 cm³/mol. The van der Waals surface area contributed by atoms with E-state index in [0.29, 0.717) is 12.0 Å². The summed E-state index contributed by atoms with van der Waals surface area (Å²) in [5.74, 6) is -0.979. The van der Waals surface area contributed by atoms with Gasteiger partial charge in [-0.1, -0.05) is 25.4 Å². The zero-order valence-electron chi connectivity index (χ0n) is 11.7. The Bertz CT molecular complexity index is 581. The second kappa shape index (κ2) is 7.50. The summed E-state index contributed by atoms with van der Waals surface area (Å²) in [4.78, 5) is 22.9. The van der Waals surface area contributed by atoms with E-state index in [1.807, 2.05) is 19.9 Å². The quantitative estimate of drug-likeness (QED) is 0.778. The number of amides is 2. The van der Waals surface area contributed by atoms with Gasteiger partial charge in [0.1, 0.15) is 6.04 Å². The average molecular weight is 310 g/mol. The minimum absolute atomic E-state index is 0.122. The fourth-order valence-electron chi connectivity index (χ4n) is 1.70. The maximum Gasteiger partial charge on any atom is 0.326 e. The normalized spacial score (nSPS) is 11.6. The summed E-state index contributed by atoms with van der Waals surface area (Å²) in [6.07, 6.45) is 0.314. The van der Waals surface area contributed by atoms with Gasteiger partial charge in [0.2, 0.25) is 0 Å². The van der Waals surface area contributed by atoms with Crippen molar-refractivity contribution in [2.45, 2.75) is 26.3 Å². The molecule has 0 unspecified atom stereocenters. The number of carboxylic acids is 1. The van der Waals surface area contributed by atoms with Crippen molar-refractivity contribution in [3.05, 3.63) is 28.8 Å². The van der Waals surface area contributed by atoms with Crippen molar-refractivity contribution in [3.8, 4) is 6.07 Å². The van der Waals surface area contributed by atoms with Gasteiger partial charge in [-0.2, -0.15) is 5.26 Å². The van der Waals surface area contributed by atoms with E-state index in [9.17, 15) is 9.59 Å². The number of rotatable bonds is 5. The van der Waals surface area contributed by atoms with Crippen molar-refractivity contribution in [1.82, 2.24) is 5.32 Å². The topological polar surface area (TPSA) is 102 Å². The summed E-state index contributed by atoms with van der Waals surface area (Å²) in [5, 5.41) is 22.9. The van der Waals surface area contributed by atoms with Crippen LogP contribution in [0.1, 0.15) is 25.8 Å². The molecule has 0 aliphatic carbocycles. The van der Waals surface area contributed by atoms with E-state index in [4.69, 9.17) is 22.0 Å². The minimum atomic E-state index is -1.10. The molecule has 0 aromatic heterocycles. The molecule has 0 spiro atoms. The van der Waals surface area contributed by atoms with E-state index < -0.39 is 18.0 Å². The molecule has 1 atom stereocenters. The number of anilines is 1. The molecule has 0 saturated carbocycles. The Kier molecular flexibility index (Phi) is 6.00. The number of nitrogens with one attached hydrogen (secondary N) is 2. The van der Waals surface area contributed by atoms with Gasteiger partial charge < -0.3 is 15.7 Å². The predicted octanol–water partition coefficient (Wildman–Crippen LogP) is 2.83. The zero-order chi connectivity index (χ0) is 16.0. The Morgan fingerprint density at radius 3 is 2.62 bits per heavy atom. The molecule has 0 aliphatic heterocycles. The van der Waals surface area contributed by atoms with Crippen LogP contribution in [-0.2, 0) is 4.79 Å². The first-order chi connectivity index (χ1) is 9.83. The van der Waals surface area contributed by atoms with Crippen LogP contribution in [0, 0.1) is 17.2 Å². The van der Waals surface area contributed by atoms with Crippen molar-refractivity contribution < 1.29 is 14.7 Å². The number of carbonyl (C=O) groups excluding carboxylic acids is 1. The van der Waals surface area contributed by atoms with Gasteiger partial charge in [-0.3, -0.25) is 0 Å². The van der Waals surface area contributed by atoms with Gasteiger partial charge in [-0.05, 0) is 30.5 Å². The highest BCUT2D eigenvalue weighted by molar-refractivity contribution is 6.33. The van der Waals surface area contributed by atoms with Crippen LogP contribution in [0.5, 0.6) is 0 Å². The third-order valence-corrected chi connectivity index (χ3v) is 2.98. The van der Waals surface area contributed by atoms with Crippen LogP contribution in [0.25, 0.3) is 0 Å². The van der Waals surface area contributed by atoms with Crippen LogP contribution in [0.15, 0.2) is 18.2 Å². The maximum absolute atomic E-state index is 11.8. The molecule has 1 aromatic carbocycles. The molecular weight excluding hydrogens is 294 g/mol. The van der Waals surface area contributed by atoms with Crippen molar-refractivity contribution in [2.24, 2.45) is 5.92 Å². The van der Waals surface area contributed by atoms with Crippen LogP contribution in [0.4, 0.5) is 10.5 Å². The molecule has 6 nitrogen and oxygen atoms in total. The van der Waals surface area contributed by atoms with Gasteiger partial charge in [0.15, 0.2) is 0 Å². The summed E-state index contributed by atoms with van der Waals surface area (Å²) >= 11 is 5.91. The molecule has 1 rings (SSSR count). The third kappa shape index (κ3) is 5.32. The summed E-state index contributed by atoms with van der Waals surface area (Å²) in [6, 6.07) is 4.68. The van der Waals surface area contributed by atoms with E-state index >= 15 is 0 Å². The lowest BCUT2D eigenvalue weighted by molar-refractivity contribution is -0.139. The molecule has 21 heavy (non-hydrogen) atoms. The summed E-state index contributed by atoms with van der Waals surface area (Å²) in [5.41, 5.74) is 0.591. The number of benzene rings is 1. The maximum atomic E-state index is 11.8. The first kappa shape index (κ1) is 16.8. The summed E-state index contributed by atoms with van der Waals surface area (Å²) in [6.45, 7) is 3.73. The smallest absolute Gasteiger partial charge is 0.326 e. The SMILES string of the molecule is CC(C)C[C@H](NC(=O)Nc1cc(C#N)ccc1Cl)C(=O)O. The van der Waals surface area contributed by atoms with E-state index in [1.54, 1.807) is 0 Å². The Morgan fingerprint density at radius 2 is 2.10 bits per heavy atom. The highest BCUT2D eigenvalue weighted by Gasteiger charge is 2.21. The molecular formula is C14H16ClN3O3. The first-order valence-electron chi connectivity index (χ1n) is 6.33. The standard InChI is InChI=1S/C14H16ClN3O3/c1-8(2)5-12(13(19)20)18-14(21)17-11-6-9(7-16)3-4-10(11)15/h3-4,6,8,12H,5H2,1-2H3,(H,19,20)(H2,17,18,21)/t12-/m0/s1. The number of hydrogen-bond donors (Lipinski definition) is 3. The first-order valence-corrected chi connectivity index (χ1v) is 6.71. The van der Waals surface area contributed by atoms with Gasteiger partial charge in [0.25, 0.3) is 0 Å². The van der Waals surface area contributed by atoms with E-state index in [1.165, 1.54) is 18.2 Å². The second-order valence-corrected chi connectivity index (χ2v) is 5.33. The van der Waals surface area contributed by atoms with E-state index in [0.717, 1.165) is 0 Å². The Balaban J connectivity index is 2.77. The average Bonchev–Trinajstić information content (AvgIpc) is 2.39. The van der Waals surface area contributed by atoms with Crippen molar-refractivity contribution in [2.75, 3.05) is 5.32 Å².